The van der Waals surface area contributed by atoms with E-state index < -0.39 is 0 Å². The van der Waals surface area contributed by atoms with Gasteiger partial charge in [-0.1, -0.05) is 25.5 Å². The van der Waals surface area contributed by atoms with Crippen molar-refractivity contribution in [1.29, 1.82) is 5.26 Å². The van der Waals surface area contributed by atoms with Crippen LogP contribution in [0.1, 0.15) is 26.2 Å². The second-order valence-electron chi connectivity index (χ2n) is 2.46. The number of hydrogen-bond acceptors (Lipinski definition) is 2. The Morgan fingerprint density at radius 3 is 2.91 bits per heavy atom. The molecule has 2 nitrogen and oxygen atoms in total. The molecule has 0 bridgehead atoms. The molecule has 0 amide bonds. The van der Waals surface area contributed by atoms with Crippen molar-refractivity contribution in [2.45, 2.75) is 26.2 Å². The van der Waals surface area contributed by atoms with Crippen molar-refractivity contribution in [2.24, 2.45) is 0 Å². The van der Waals surface area contributed by atoms with E-state index in [1.165, 1.54) is 0 Å². The van der Waals surface area contributed by atoms with Gasteiger partial charge in [-0.05, 0) is 6.42 Å². The molecule has 0 heterocycles. The number of hydrogen-bond donors (Lipinski definition) is 0. The van der Waals surface area contributed by atoms with Crippen LogP contribution >= 0.6 is 0 Å². The summed E-state index contributed by atoms with van der Waals surface area (Å²) in [5.74, 6) is 0. The predicted octanol–water partition coefficient (Wildman–Crippen LogP) is 2.27. The molecule has 0 unspecified atom stereocenters. The zero-order valence-corrected chi connectivity index (χ0v) is 7.10. The van der Waals surface area contributed by atoms with Crippen molar-refractivity contribution >= 4 is 0 Å². The van der Waals surface area contributed by atoms with Gasteiger partial charge in [-0.25, -0.2) is 0 Å². The maximum Gasteiger partial charge on any atom is 0.0674 e. The van der Waals surface area contributed by atoms with Crippen LogP contribution in [-0.2, 0) is 4.74 Å². The van der Waals surface area contributed by atoms with Gasteiger partial charge in [-0.15, -0.1) is 0 Å². The number of rotatable bonds is 6. The van der Waals surface area contributed by atoms with E-state index in [0.29, 0.717) is 19.6 Å². The molecule has 0 aromatic heterocycles. The van der Waals surface area contributed by atoms with Crippen LogP contribution in [0, 0.1) is 11.3 Å². The number of nitriles is 1. The maximum atomic E-state index is 8.18. The van der Waals surface area contributed by atoms with Gasteiger partial charge in [0.25, 0.3) is 0 Å². The average Bonchev–Trinajstić information content (AvgIpc) is 1.99. The van der Waals surface area contributed by atoms with Crippen LogP contribution in [-0.4, -0.2) is 13.2 Å². The van der Waals surface area contributed by atoms with E-state index in [4.69, 9.17) is 10.00 Å². The molecule has 0 aliphatic heterocycles. The van der Waals surface area contributed by atoms with Crippen LogP contribution in [0.3, 0.4) is 0 Å². The first kappa shape index (κ1) is 10.2. The number of ether oxygens (including phenoxy) is 1. The van der Waals surface area contributed by atoms with Gasteiger partial charge in [0.2, 0.25) is 0 Å². The van der Waals surface area contributed by atoms with Crippen LogP contribution in [0.5, 0.6) is 0 Å². The van der Waals surface area contributed by atoms with E-state index in [1.807, 2.05) is 6.07 Å². The van der Waals surface area contributed by atoms with Crippen LogP contribution in [0.4, 0.5) is 0 Å². The van der Waals surface area contributed by atoms with Crippen LogP contribution in [0.15, 0.2) is 12.2 Å². The van der Waals surface area contributed by atoms with E-state index in [0.717, 1.165) is 18.4 Å². The summed E-state index contributed by atoms with van der Waals surface area (Å²) in [5.41, 5.74) is 1.12. The third kappa shape index (κ3) is 7.08. The highest BCUT2D eigenvalue weighted by atomic mass is 16.5. The molecule has 0 aromatic rings. The van der Waals surface area contributed by atoms with Crippen molar-refractivity contribution in [3.05, 3.63) is 12.2 Å². The van der Waals surface area contributed by atoms with Crippen LogP contribution in [0.25, 0.3) is 0 Å². The second kappa shape index (κ2) is 7.30. The first-order valence-corrected chi connectivity index (χ1v) is 3.92. The Labute approximate surface area is 68.5 Å². The molecular formula is C9H15NO. The minimum Gasteiger partial charge on any atom is -0.376 e. The predicted molar refractivity (Wildman–Crippen MR) is 45.1 cm³/mol. The summed E-state index contributed by atoms with van der Waals surface area (Å²) >= 11 is 0. The summed E-state index contributed by atoms with van der Waals surface area (Å²) in [6.45, 7) is 7.08. The second-order valence-corrected chi connectivity index (χ2v) is 2.46. The van der Waals surface area contributed by atoms with E-state index >= 15 is 0 Å². The summed E-state index contributed by atoms with van der Waals surface area (Å²) in [4.78, 5) is 0. The van der Waals surface area contributed by atoms with E-state index in [2.05, 4.69) is 13.5 Å². The van der Waals surface area contributed by atoms with E-state index in [-0.39, 0.29) is 0 Å². The summed E-state index contributed by atoms with van der Waals surface area (Å²) in [6, 6.07) is 2.02. The quantitative estimate of drug-likeness (QED) is 0.433. The third-order valence-electron chi connectivity index (χ3n) is 1.27. The lowest BCUT2D eigenvalue weighted by Crippen LogP contribution is -1.98. The largest absolute Gasteiger partial charge is 0.376 e. The highest BCUT2D eigenvalue weighted by molar-refractivity contribution is 4.93. The molecule has 0 saturated carbocycles. The first-order chi connectivity index (χ1) is 5.31. The molecule has 0 aliphatic rings. The van der Waals surface area contributed by atoms with Crippen molar-refractivity contribution < 1.29 is 4.74 Å². The first-order valence-electron chi connectivity index (χ1n) is 3.92. The van der Waals surface area contributed by atoms with E-state index in [1.54, 1.807) is 0 Å². The molecule has 2 heteroatoms. The van der Waals surface area contributed by atoms with Gasteiger partial charge in [-0.2, -0.15) is 5.26 Å². The minimum absolute atomic E-state index is 0.472. The van der Waals surface area contributed by atoms with Gasteiger partial charge in [0.05, 0.1) is 25.7 Å². The Bertz CT molecular complexity index is 146. The molecule has 0 atom stereocenters. The molecule has 0 saturated heterocycles. The standard InChI is InChI=1S/C9H15NO/c1-3-5-9(2)8-11-7-4-6-10/h2-5,7-8H2,1H3. The minimum atomic E-state index is 0.472. The van der Waals surface area contributed by atoms with Crippen molar-refractivity contribution in [2.75, 3.05) is 13.2 Å². The Balaban J connectivity index is 3.12. The smallest absolute Gasteiger partial charge is 0.0674 e. The molecule has 0 aromatic carbocycles. The fourth-order valence-corrected chi connectivity index (χ4v) is 0.760. The van der Waals surface area contributed by atoms with Gasteiger partial charge in [0.1, 0.15) is 0 Å². The highest BCUT2D eigenvalue weighted by Gasteiger charge is 1.92. The molecule has 0 radical (unpaired) electrons. The summed E-state index contributed by atoms with van der Waals surface area (Å²) in [5, 5.41) is 8.18. The SMILES string of the molecule is C=C(CCC)COCCC#N. The van der Waals surface area contributed by atoms with Gasteiger partial charge in [-0.3, -0.25) is 0 Å². The Morgan fingerprint density at radius 1 is 1.64 bits per heavy atom. The average molecular weight is 153 g/mol. The fraction of sp³-hybridized carbons (Fsp3) is 0.667. The Hall–Kier alpha value is -0.810. The van der Waals surface area contributed by atoms with Crippen molar-refractivity contribution in [3.63, 3.8) is 0 Å². The topological polar surface area (TPSA) is 33.0 Å². The maximum absolute atomic E-state index is 8.18. The van der Waals surface area contributed by atoms with Crippen LogP contribution < -0.4 is 0 Å². The highest BCUT2D eigenvalue weighted by Crippen LogP contribution is 2.01. The molecule has 0 fully saturated rings. The molecule has 0 spiro atoms. The molecule has 11 heavy (non-hydrogen) atoms. The Kier molecular flexibility index (Phi) is 6.76. The lowest BCUT2D eigenvalue weighted by atomic mass is 10.2. The van der Waals surface area contributed by atoms with Crippen LogP contribution in [0.2, 0.25) is 0 Å². The fourth-order valence-electron chi connectivity index (χ4n) is 0.760. The molecule has 0 N–H and O–H groups in total. The Morgan fingerprint density at radius 2 is 2.36 bits per heavy atom. The third-order valence-corrected chi connectivity index (χ3v) is 1.27. The molecule has 0 rings (SSSR count). The van der Waals surface area contributed by atoms with Gasteiger partial charge >= 0.3 is 0 Å². The van der Waals surface area contributed by atoms with Gasteiger partial charge in [0.15, 0.2) is 0 Å². The van der Waals surface area contributed by atoms with E-state index in [9.17, 15) is 0 Å². The normalized spacial score (nSPS) is 9.09. The molecular weight excluding hydrogens is 138 g/mol. The summed E-state index contributed by atoms with van der Waals surface area (Å²) in [6.07, 6.45) is 2.60. The number of nitrogens with zero attached hydrogens (tertiary/aromatic N) is 1. The zero-order valence-electron chi connectivity index (χ0n) is 7.10. The lowest BCUT2D eigenvalue weighted by Gasteiger charge is -2.02. The van der Waals surface area contributed by atoms with Crippen molar-refractivity contribution in [3.8, 4) is 6.07 Å². The van der Waals surface area contributed by atoms with Gasteiger partial charge in [0, 0.05) is 0 Å². The van der Waals surface area contributed by atoms with Crippen molar-refractivity contribution in [1.82, 2.24) is 0 Å². The summed E-state index contributed by atoms with van der Waals surface area (Å²) < 4.78 is 5.17. The zero-order chi connectivity index (χ0) is 8.53. The monoisotopic (exact) mass is 153 g/mol. The van der Waals surface area contributed by atoms with Gasteiger partial charge < -0.3 is 4.74 Å². The molecule has 0 aliphatic carbocycles. The summed E-state index contributed by atoms with van der Waals surface area (Å²) in [7, 11) is 0. The molecule has 62 valence electrons. The lowest BCUT2D eigenvalue weighted by molar-refractivity contribution is 0.160.